The molecule has 3 heteroatoms. The molecule has 1 aromatic carbocycles. The van der Waals surface area contributed by atoms with Crippen molar-refractivity contribution in [3.8, 4) is 5.75 Å². The molecule has 100 valence electrons. The van der Waals surface area contributed by atoms with Crippen LogP contribution in [0.15, 0.2) is 18.2 Å². The monoisotopic (exact) mass is 249 g/mol. The van der Waals surface area contributed by atoms with E-state index in [2.05, 4.69) is 18.0 Å². The van der Waals surface area contributed by atoms with Crippen LogP contribution in [-0.2, 0) is 0 Å². The van der Waals surface area contributed by atoms with Crippen LogP contribution >= 0.6 is 0 Å². The average Bonchev–Trinajstić information content (AvgIpc) is 2.90. The minimum Gasteiger partial charge on any atom is -0.496 e. The van der Waals surface area contributed by atoms with Gasteiger partial charge in [-0.1, -0.05) is 18.9 Å². The highest BCUT2D eigenvalue weighted by molar-refractivity contribution is 5.60. The van der Waals surface area contributed by atoms with Crippen molar-refractivity contribution in [2.75, 3.05) is 19.1 Å². The summed E-state index contributed by atoms with van der Waals surface area (Å²) in [5.74, 6) is 0.771. The summed E-state index contributed by atoms with van der Waals surface area (Å²) in [5.41, 5.74) is 1.99. The Kier molecular flexibility index (Phi) is 4.12. The number of hydrogen-bond acceptors (Lipinski definition) is 3. The van der Waals surface area contributed by atoms with E-state index in [9.17, 15) is 5.11 Å². The molecule has 18 heavy (non-hydrogen) atoms. The van der Waals surface area contributed by atoms with Gasteiger partial charge >= 0.3 is 0 Å². The van der Waals surface area contributed by atoms with Crippen LogP contribution in [0.1, 0.15) is 44.3 Å². The summed E-state index contributed by atoms with van der Waals surface area (Å²) in [5, 5.41) is 10.0. The molecule has 1 aliphatic rings. The molecule has 3 nitrogen and oxygen atoms in total. The van der Waals surface area contributed by atoms with Crippen molar-refractivity contribution in [2.24, 2.45) is 0 Å². The fraction of sp³-hybridized carbons (Fsp3) is 0.600. The van der Waals surface area contributed by atoms with Gasteiger partial charge in [-0.3, -0.25) is 0 Å². The molecule has 1 saturated carbocycles. The second-order valence-corrected chi connectivity index (χ2v) is 5.12. The van der Waals surface area contributed by atoms with Crippen molar-refractivity contribution in [2.45, 2.75) is 44.8 Å². The molecule has 2 rings (SSSR count). The van der Waals surface area contributed by atoms with E-state index in [1.807, 2.05) is 12.1 Å². The van der Waals surface area contributed by atoms with Gasteiger partial charge in [0.1, 0.15) is 5.75 Å². The Balaban J connectivity index is 2.36. The Labute approximate surface area is 109 Å². The zero-order chi connectivity index (χ0) is 13.1. The zero-order valence-electron chi connectivity index (χ0n) is 11.5. The summed E-state index contributed by atoms with van der Waals surface area (Å²) >= 11 is 0. The van der Waals surface area contributed by atoms with Crippen LogP contribution in [0.4, 0.5) is 5.69 Å². The van der Waals surface area contributed by atoms with Gasteiger partial charge in [0.25, 0.3) is 0 Å². The number of aliphatic hydroxyl groups is 1. The van der Waals surface area contributed by atoms with E-state index in [0.717, 1.165) is 17.0 Å². The molecule has 0 heterocycles. The molecule has 1 N–H and O–H groups in total. The largest absolute Gasteiger partial charge is 0.496 e. The normalized spacial score (nSPS) is 17.8. The SMILES string of the molecule is COc1cccc(N(C)C2CCCC2)c1C(C)O. The molecule has 0 bridgehead atoms. The fourth-order valence-corrected chi connectivity index (χ4v) is 2.93. The Morgan fingerprint density at radius 2 is 2.00 bits per heavy atom. The number of hydrogen-bond donors (Lipinski definition) is 1. The first-order valence-electron chi connectivity index (χ1n) is 6.73. The summed E-state index contributed by atoms with van der Waals surface area (Å²) in [6.45, 7) is 1.80. The quantitative estimate of drug-likeness (QED) is 0.890. The van der Waals surface area contributed by atoms with E-state index in [-0.39, 0.29) is 0 Å². The number of methoxy groups -OCH3 is 1. The number of nitrogens with zero attached hydrogens (tertiary/aromatic N) is 1. The van der Waals surface area contributed by atoms with Crippen LogP contribution in [-0.4, -0.2) is 25.3 Å². The van der Waals surface area contributed by atoms with Crippen molar-refractivity contribution in [3.05, 3.63) is 23.8 Å². The minimum absolute atomic E-state index is 0.514. The van der Waals surface area contributed by atoms with Gasteiger partial charge in [0.15, 0.2) is 0 Å². The Bertz CT molecular complexity index is 397. The van der Waals surface area contributed by atoms with E-state index in [1.54, 1.807) is 14.0 Å². The molecule has 1 unspecified atom stereocenters. The lowest BCUT2D eigenvalue weighted by Gasteiger charge is -2.30. The van der Waals surface area contributed by atoms with E-state index in [0.29, 0.717) is 6.04 Å². The van der Waals surface area contributed by atoms with Gasteiger partial charge in [0, 0.05) is 24.3 Å². The third-order valence-corrected chi connectivity index (χ3v) is 3.93. The van der Waals surface area contributed by atoms with Crippen LogP contribution in [0.2, 0.25) is 0 Å². The first kappa shape index (κ1) is 13.2. The van der Waals surface area contributed by atoms with E-state index < -0.39 is 6.10 Å². The fourth-order valence-electron chi connectivity index (χ4n) is 2.93. The second-order valence-electron chi connectivity index (χ2n) is 5.12. The Morgan fingerprint density at radius 1 is 1.33 bits per heavy atom. The van der Waals surface area contributed by atoms with E-state index in [1.165, 1.54) is 25.7 Å². The number of benzene rings is 1. The molecule has 1 aliphatic carbocycles. The predicted octanol–water partition coefficient (Wildman–Crippen LogP) is 3.13. The molecule has 0 saturated heterocycles. The lowest BCUT2D eigenvalue weighted by atomic mass is 10.0. The topological polar surface area (TPSA) is 32.7 Å². The first-order valence-corrected chi connectivity index (χ1v) is 6.73. The van der Waals surface area contributed by atoms with Crippen LogP contribution < -0.4 is 9.64 Å². The zero-order valence-corrected chi connectivity index (χ0v) is 11.5. The maximum atomic E-state index is 10.0. The standard InChI is InChI=1S/C15H23NO2/c1-11(17)15-13(9-6-10-14(15)18-3)16(2)12-7-4-5-8-12/h6,9-12,17H,4-5,7-8H2,1-3H3. The molecular formula is C15H23NO2. The van der Waals surface area contributed by atoms with Gasteiger partial charge in [0.05, 0.1) is 13.2 Å². The highest BCUT2D eigenvalue weighted by Gasteiger charge is 2.24. The third-order valence-electron chi connectivity index (χ3n) is 3.93. The predicted molar refractivity (Wildman–Crippen MR) is 74.3 cm³/mol. The number of anilines is 1. The van der Waals surface area contributed by atoms with Gasteiger partial charge < -0.3 is 14.7 Å². The molecule has 0 amide bonds. The smallest absolute Gasteiger partial charge is 0.126 e. The Hall–Kier alpha value is -1.22. The van der Waals surface area contributed by atoms with Crippen LogP contribution in [0.5, 0.6) is 5.75 Å². The summed E-state index contributed by atoms with van der Waals surface area (Å²) in [4.78, 5) is 2.30. The molecule has 1 fully saturated rings. The van der Waals surface area contributed by atoms with Crippen molar-refractivity contribution >= 4 is 5.69 Å². The van der Waals surface area contributed by atoms with Crippen molar-refractivity contribution in [1.29, 1.82) is 0 Å². The number of ether oxygens (including phenoxy) is 1. The summed E-state index contributed by atoms with van der Waals surface area (Å²) in [6, 6.07) is 6.57. The highest BCUT2D eigenvalue weighted by Crippen LogP contribution is 2.37. The summed E-state index contributed by atoms with van der Waals surface area (Å²) in [7, 11) is 3.78. The molecule has 1 aromatic rings. The van der Waals surface area contributed by atoms with Gasteiger partial charge in [-0.05, 0) is 31.9 Å². The minimum atomic E-state index is -0.514. The maximum Gasteiger partial charge on any atom is 0.126 e. The van der Waals surface area contributed by atoms with Crippen LogP contribution in [0.25, 0.3) is 0 Å². The van der Waals surface area contributed by atoms with Gasteiger partial charge in [-0.2, -0.15) is 0 Å². The summed E-state index contributed by atoms with van der Waals surface area (Å²) < 4.78 is 5.37. The van der Waals surface area contributed by atoms with Crippen molar-refractivity contribution in [3.63, 3.8) is 0 Å². The van der Waals surface area contributed by atoms with Gasteiger partial charge in [-0.15, -0.1) is 0 Å². The molecule has 0 spiro atoms. The highest BCUT2D eigenvalue weighted by atomic mass is 16.5. The van der Waals surface area contributed by atoms with Crippen LogP contribution in [0, 0.1) is 0 Å². The molecule has 0 aromatic heterocycles. The Morgan fingerprint density at radius 3 is 2.56 bits per heavy atom. The van der Waals surface area contributed by atoms with Crippen molar-refractivity contribution in [1.82, 2.24) is 0 Å². The lowest BCUT2D eigenvalue weighted by molar-refractivity contribution is 0.194. The summed E-state index contributed by atoms with van der Waals surface area (Å²) in [6.07, 6.45) is 4.59. The lowest BCUT2D eigenvalue weighted by Crippen LogP contribution is -2.30. The molecule has 0 aliphatic heterocycles. The second kappa shape index (κ2) is 5.61. The first-order chi connectivity index (χ1) is 8.65. The van der Waals surface area contributed by atoms with Gasteiger partial charge in [-0.25, -0.2) is 0 Å². The maximum absolute atomic E-state index is 10.0. The van der Waals surface area contributed by atoms with Crippen molar-refractivity contribution < 1.29 is 9.84 Å². The van der Waals surface area contributed by atoms with E-state index >= 15 is 0 Å². The third kappa shape index (κ3) is 2.46. The molecular weight excluding hydrogens is 226 g/mol. The van der Waals surface area contributed by atoms with E-state index in [4.69, 9.17) is 4.74 Å². The molecule has 1 atom stereocenters. The van der Waals surface area contributed by atoms with Gasteiger partial charge in [0.2, 0.25) is 0 Å². The number of rotatable bonds is 4. The van der Waals surface area contributed by atoms with Crippen LogP contribution in [0.3, 0.4) is 0 Å². The number of aliphatic hydroxyl groups excluding tert-OH is 1. The molecule has 0 radical (unpaired) electrons. The average molecular weight is 249 g/mol.